The second-order valence-electron chi connectivity index (χ2n) is 7.65. The molecule has 1 fully saturated rings. The Bertz CT molecular complexity index is 796. The lowest BCUT2D eigenvalue weighted by Crippen LogP contribution is -2.43. The van der Waals surface area contributed by atoms with Crippen molar-refractivity contribution in [1.29, 1.82) is 0 Å². The smallest absolute Gasteiger partial charge is 0.410 e. The average Bonchev–Trinajstić information content (AvgIpc) is 2.93. The molecule has 6 nitrogen and oxygen atoms in total. The Balaban J connectivity index is 1.64. The van der Waals surface area contributed by atoms with Crippen molar-refractivity contribution >= 4 is 22.8 Å². The lowest BCUT2D eigenvalue weighted by molar-refractivity contribution is 0.0182. The summed E-state index contributed by atoms with van der Waals surface area (Å²) in [5, 5.41) is 5.24. The van der Waals surface area contributed by atoms with E-state index < -0.39 is 5.60 Å². The molecule has 1 amide bonds. The summed E-state index contributed by atoms with van der Waals surface area (Å²) >= 11 is 0. The van der Waals surface area contributed by atoms with Crippen molar-refractivity contribution in [1.82, 2.24) is 14.7 Å². The maximum absolute atomic E-state index is 12.8. The molecule has 25 heavy (non-hydrogen) atoms. The lowest BCUT2D eigenvalue weighted by atomic mass is 9.89. The van der Waals surface area contributed by atoms with E-state index in [-0.39, 0.29) is 17.8 Å². The minimum Gasteiger partial charge on any atom is -0.444 e. The Hall–Kier alpha value is -2.37. The van der Waals surface area contributed by atoms with E-state index in [0.29, 0.717) is 31.5 Å². The molecule has 0 radical (unpaired) electrons. The van der Waals surface area contributed by atoms with Crippen LogP contribution in [0.15, 0.2) is 24.4 Å². The molecule has 2 aromatic rings. The number of likely N-dealkylation sites (tertiary alicyclic amines) is 1. The summed E-state index contributed by atoms with van der Waals surface area (Å²) in [6, 6.07) is 5.71. The summed E-state index contributed by atoms with van der Waals surface area (Å²) in [6.45, 7) is 6.68. The summed E-state index contributed by atoms with van der Waals surface area (Å²) in [5.74, 6) is 0.0938. The second kappa shape index (κ2) is 6.50. The lowest BCUT2D eigenvalue weighted by Gasteiger charge is -2.33. The van der Waals surface area contributed by atoms with Crippen molar-refractivity contribution in [2.75, 3.05) is 13.1 Å². The number of aryl methyl sites for hydroxylation is 1. The van der Waals surface area contributed by atoms with Gasteiger partial charge in [-0.1, -0.05) is 12.1 Å². The summed E-state index contributed by atoms with van der Waals surface area (Å²) < 4.78 is 7.18. The first-order valence-electron chi connectivity index (χ1n) is 8.68. The van der Waals surface area contributed by atoms with Crippen molar-refractivity contribution in [2.24, 2.45) is 13.0 Å². The summed E-state index contributed by atoms with van der Waals surface area (Å²) in [4.78, 5) is 26.6. The van der Waals surface area contributed by atoms with E-state index in [1.807, 2.05) is 46.0 Å². The average molecular weight is 343 g/mol. The molecule has 1 saturated heterocycles. The van der Waals surface area contributed by atoms with Crippen molar-refractivity contribution in [2.45, 2.75) is 39.2 Å². The zero-order chi connectivity index (χ0) is 18.2. The summed E-state index contributed by atoms with van der Waals surface area (Å²) in [7, 11) is 1.87. The Morgan fingerprint density at radius 3 is 2.52 bits per heavy atom. The second-order valence-corrected chi connectivity index (χ2v) is 7.65. The maximum Gasteiger partial charge on any atom is 0.410 e. The van der Waals surface area contributed by atoms with Crippen molar-refractivity contribution in [3.05, 3.63) is 30.0 Å². The van der Waals surface area contributed by atoms with Gasteiger partial charge in [-0.05, 0) is 39.7 Å². The molecular formula is C19H25N3O3. The van der Waals surface area contributed by atoms with Crippen molar-refractivity contribution < 1.29 is 14.3 Å². The largest absolute Gasteiger partial charge is 0.444 e. The highest BCUT2D eigenvalue weighted by Gasteiger charge is 2.30. The third-order valence-electron chi connectivity index (χ3n) is 4.55. The van der Waals surface area contributed by atoms with Crippen LogP contribution in [0.4, 0.5) is 4.79 Å². The third-order valence-corrected chi connectivity index (χ3v) is 4.55. The first-order valence-corrected chi connectivity index (χ1v) is 8.68. The molecule has 0 spiro atoms. The van der Waals surface area contributed by atoms with E-state index in [9.17, 15) is 9.59 Å². The number of ether oxygens (including phenoxy) is 1. The Morgan fingerprint density at radius 1 is 1.20 bits per heavy atom. The van der Waals surface area contributed by atoms with E-state index in [1.54, 1.807) is 15.8 Å². The minimum absolute atomic E-state index is 0.0515. The number of aromatic nitrogens is 2. The quantitative estimate of drug-likeness (QED) is 0.784. The molecule has 0 saturated carbocycles. The number of benzene rings is 1. The zero-order valence-corrected chi connectivity index (χ0v) is 15.3. The molecule has 0 bridgehead atoms. The van der Waals surface area contributed by atoms with Gasteiger partial charge in [0.2, 0.25) is 0 Å². The van der Waals surface area contributed by atoms with Crippen LogP contribution in [0.5, 0.6) is 0 Å². The van der Waals surface area contributed by atoms with Gasteiger partial charge in [-0.2, -0.15) is 5.10 Å². The van der Waals surface area contributed by atoms with E-state index in [0.717, 1.165) is 10.9 Å². The summed E-state index contributed by atoms with van der Waals surface area (Å²) in [5.41, 5.74) is 1.17. The van der Waals surface area contributed by atoms with Gasteiger partial charge in [-0.25, -0.2) is 4.79 Å². The fourth-order valence-corrected chi connectivity index (χ4v) is 3.18. The van der Waals surface area contributed by atoms with E-state index >= 15 is 0 Å². The van der Waals surface area contributed by atoms with Gasteiger partial charge in [0, 0.05) is 37.0 Å². The number of rotatable bonds is 2. The number of fused-ring (bicyclic) bond motifs is 1. The molecule has 0 unspecified atom stereocenters. The van der Waals surface area contributed by atoms with Crippen LogP contribution in [-0.4, -0.2) is 45.2 Å². The molecule has 134 valence electrons. The number of amides is 1. The van der Waals surface area contributed by atoms with E-state index in [2.05, 4.69) is 5.10 Å². The first-order chi connectivity index (χ1) is 11.7. The van der Waals surface area contributed by atoms with Gasteiger partial charge in [-0.15, -0.1) is 0 Å². The van der Waals surface area contributed by atoms with Crippen LogP contribution in [0.25, 0.3) is 10.9 Å². The normalized spacial score (nSPS) is 16.2. The van der Waals surface area contributed by atoms with Gasteiger partial charge in [-0.3, -0.25) is 9.48 Å². The fourth-order valence-electron chi connectivity index (χ4n) is 3.18. The van der Waals surface area contributed by atoms with Gasteiger partial charge in [0.05, 0.1) is 11.7 Å². The fraction of sp³-hybridized carbons (Fsp3) is 0.526. The van der Waals surface area contributed by atoms with Crippen LogP contribution in [0.2, 0.25) is 0 Å². The van der Waals surface area contributed by atoms with Crippen LogP contribution in [-0.2, 0) is 11.8 Å². The molecule has 0 N–H and O–H groups in total. The van der Waals surface area contributed by atoms with Crippen LogP contribution in [0.3, 0.4) is 0 Å². The molecular weight excluding hydrogens is 318 g/mol. The molecule has 1 aliphatic rings. The Kier molecular flexibility index (Phi) is 4.54. The highest BCUT2D eigenvalue weighted by Crippen LogP contribution is 2.25. The van der Waals surface area contributed by atoms with Gasteiger partial charge < -0.3 is 9.64 Å². The maximum atomic E-state index is 12.8. The monoisotopic (exact) mass is 343 g/mol. The number of carbonyl (C=O) groups excluding carboxylic acids is 2. The van der Waals surface area contributed by atoms with Crippen molar-refractivity contribution in [3.8, 4) is 0 Å². The van der Waals surface area contributed by atoms with Crippen LogP contribution in [0, 0.1) is 5.92 Å². The van der Waals surface area contributed by atoms with Gasteiger partial charge in [0.15, 0.2) is 5.78 Å². The molecule has 6 heteroatoms. The van der Waals surface area contributed by atoms with E-state index in [1.165, 1.54) is 0 Å². The van der Waals surface area contributed by atoms with Crippen LogP contribution < -0.4 is 0 Å². The topological polar surface area (TPSA) is 64.4 Å². The van der Waals surface area contributed by atoms with Crippen LogP contribution in [0.1, 0.15) is 44.0 Å². The van der Waals surface area contributed by atoms with Gasteiger partial charge in [0.25, 0.3) is 0 Å². The van der Waals surface area contributed by atoms with Crippen molar-refractivity contribution in [3.63, 3.8) is 0 Å². The summed E-state index contributed by atoms with van der Waals surface area (Å²) in [6.07, 6.45) is 2.83. The molecule has 2 heterocycles. The van der Waals surface area contributed by atoms with E-state index in [4.69, 9.17) is 4.74 Å². The SMILES string of the molecule is Cn1ncc2ccc(C(=O)C3CCN(C(=O)OC(C)(C)C)CC3)cc21. The Labute approximate surface area is 147 Å². The molecule has 3 rings (SSSR count). The number of carbonyl (C=O) groups is 2. The Morgan fingerprint density at radius 2 is 1.88 bits per heavy atom. The zero-order valence-electron chi connectivity index (χ0n) is 15.3. The molecule has 1 aromatic carbocycles. The minimum atomic E-state index is -0.498. The predicted molar refractivity (Wildman–Crippen MR) is 95.6 cm³/mol. The number of Topliss-reactive ketones (excluding diaryl/α,β-unsaturated/α-hetero) is 1. The predicted octanol–water partition coefficient (Wildman–Crippen LogP) is 3.40. The number of ketones is 1. The number of hydrogen-bond acceptors (Lipinski definition) is 4. The van der Waals surface area contributed by atoms with Gasteiger partial charge >= 0.3 is 6.09 Å². The third kappa shape index (κ3) is 3.83. The van der Waals surface area contributed by atoms with Crippen LogP contribution >= 0.6 is 0 Å². The molecule has 0 aliphatic carbocycles. The number of piperidine rings is 1. The molecule has 1 aromatic heterocycles. The van der Waals surface area contributed by atoms with Gasteiger partial charge in [0.1, 0.15) is 5.60 Å². The number of nitrogens with zero attached hydrogens (tertiary/aromatic N) is 3. The highest BCUT2D eigenvalue weighted by atomic mass is 16.6. The first kappa shape index (κ1) is 17.5. The highest BCUT2D eigenvalue weighted by molar-refractivity contribution is 6.00. The number of hydrogen-bond donors (Lipinski definition) is 0. The molecule has 0 atom stereocenters. The standard InChI is InChI=1S/C19H25N3O3/c1-19(2,3)25-18(24)22-9-7-13(8-10-22)17(23)14-5-6-15-12-20-21(4)16(15)11-14/h5-6,11-13H,7-10H2,1-4H3. The molecule has 1 aliphatic heterocycles.